The lowest BCUT2D eigenvalue weighted by atomic mass is 10.0. The van der Waals surface area contributed by atoms with Crippen LogP contribution in [0, 0.1) is 0 Å². The van der Waals surface area contributed by atoms with Crippen molar-refractivity contribution in [1.29, 1.82) is 0 Å². The molecule has 2 aliphatic rings. The largest absolute Gasteiger partial charge is 0.350 e. The van der Waals surface area contributed by atoms with Crippen molar-refractivity contribution in [2.45, 2.75) is 26.1 Å². The van der Waals surface area contributed by atoms with E-state index in [1.807, 2.05) is 35.2 Å². The quantitative estimate of drug-likeness (QED) is 0.617. The van der Waals surface area contributed by atoms with E-state index in [9.17, 15) is 13.2 Å². The van der Waals surface area contributed by atoms with Crippen LogP contribution in [0.25, 0.3) is 0 Å². The highest BCUT2D eigenvalue weighted by Crippen LogP contribution is 2.23. The second-order valence-electron chi connectivity index (χ2n) is 9.25. The molecule has 2 saturated heterocycles. The molecule has 0 bridgehead atoms. The van der Waals surface area contributed by atoms with Crippen LogP contribution in [0.5, 0.6) is 0 Å². The van der Waals surface area contributed by atoms with Gasteiger partial charge in [-0.2, -0.15) is 0 Å². The summed E-state index contributed by atoms with van der Waals surface area (Å²) in [5.74, 6) is 0.0975. The van der Waals surface area contributed by atoms with Crippen LogP contribution in [-0.2, 0) is 27.7 Å². The van der Waals surface area contributed by atoms with Crippen LogP contribution in [0.15, 0.2) is 54.6 Å². The van der Waals surface area contributed by atoms with Gasteiger partial charge >= 0.3 is 0 Å². The van der Waals surface area contributed by atoms with E-state index in [4.69, 9.17) is 0 Å². The highest BCUT2D eigenvalue weighted by molar-refractivity contribution is 7.91. The first-order chi connectivity index (χ1) is 16.4. The number of likely N-dealkylation sites (N-methyl/N-ethyl adjacent to an activating group) is 1. The maximum atomic E-state index is 13.2. The summed E-state index contributed by atoms with van der Waals surface area (Å²) in [6.07, 6.45) is 0. The highest BCUT2D eigenvalue weighted by Gasteiger charge is 2.32. The van der Waals surface area contributed by atoms with E-state index in [0.29, 0.717) is 19.6 Å². The maximum Gasteiger partial charge on any atom is 0.242 e. The third-order valence-electron chi connectivity index (χ3n) is 6.92. The number of carbonyl (C=O) groups excluding carboxylic acids is 1. The van der Waals surface area contributed by atoms with E-state index in [0.717, 1.165) is 50.4 Å². The average Bonchev–Trinajstić information content (AvgIpc) is 2.86. The molecule has 0 spiro atoms. The molecule has 2 aromatic carbocycles. The van der Waals surface area contributed by atoms with Gasteiger partial charge < -0.3 is 10.2 Å². The summed E-state index contributed by atoms with van der Waals surface area (Å²) in [5, 5.41) is 3.08. The van der Waals surface area contributed by atoms with Crippen LogP contribution < -0.4 is 5.32 Å². The fourth-order valence-electron chi connectivity index (χ4n) is 4.72. The summed E-state index contributed by atoms with van der Waals surface area (Å²) >= 11 is 0. The summed E-state index contributed by atoms with van der Waals surface area (Å²) < 4.78 is 23.8. The first-order valence-corrected chi connectivity index (χ1v) is 14.1. The fraction of sp³-hybridized carbons (Fsp3) is 0.500. The number of carbonyl (C=O) groups is 1. The number of hydrogen-bond donors (Lipinski definition) is 1. The van der Waals surface area contributed by atoms with Crippen molar-refractivity contribution in [3.05, 3.63) is 71.3 Å². The third-order valence-corrected chi connectivity index (χ3v) is 8.53. The molecule has 2 aromatic rings. The number of amides is 1. The molecule has 0 radical (unpaired) electrons. The Bertz CT molecular complexity index is 1020. The lowest BCUT2D eigenvalue weighted by Gasteiger charge is -2.34. The van der Waals surface area contributed by atoms with Gasteiger partial charge in [0.05, 0.1) is 11.5 Å². The molecule has 0 aromatic heterocycles. The number of sulfone groups is 1. The Balaban J connectivity index is 1.34. The molecule has 7 nitrogen and oxygen atoms in total. The number of nitrogens with zero attached hydrogens (tertiary/aromatic N) is 3. The molecular weight excluding hydrogens is 448 g/mol. The Hall–Kier alpha value is -2.26. The molecule has 1 N–H and O–H groups in total. The number of rotatable bonds is 8. The lowest BCUT2D eigenvalue weighted by molar-refractivity contribution is -0.126. The first-order valence-electron chi connectivity index (χ1n) is 12.2. The smallest absolute Gasteiger partial charge is 0.242 e. The molecule has 1 atom stereocenters. The van der Waals surface area contributed by atoms with Crippen molar-refractivity contribution in [3.63, 3.8) is 0 Å². The second kappa shape index (κ2) is 11.4. The van der Waals surface area contributed by atoms with Crippen molar-refractivity contribution in [1.82, 2.24) is 20.0 Å². The number of nitrogens with one attached hydrogen (secondary N) is 1. The van der Waals surface area contributed by atoms with Gasteiger partial charge in [-0.1, -0.05) is 61.5 Å². The fourth-order valence-corrected chi connectivity index (χ4v) is 5.95. The van der Waals surface area contributed by atoms with E-state index < -0.39 is 15.9 Å². The minimum Gasteiger partial charge on any atom is -0.350 e. The van der Waals surface area contributed by atoms with Crippen molar-refractivity contribution < 1.29 is 13.2 Å². The van der Waals surface area contributed by atoms with Gasteiger partial charge in [0.15, 0.2) is 9.84 Å². The number of hydrogen-bond acceptors (Lipinski definition) is 6. The molecule has 2 fully saturated rings. The Kier molecular flexibility index (Phi) is 8.37. The van der Waals surface area contributed by atoms with Crippen molar-refractivity contribution in [3.8, 4) is 0 Å². The van der Waals surface area contributed by atoms with Crippen LogP contribution in [0.1, 0.15) is 29.7 Å². The first kappa shape index (κ1) is 24.9. The predicted molar refractivity (Wildman–Crippen MR) is 135 cm³/mol. The zero-order chi connectivity index (χ0) is 24.0. The normalized spacial score (nSPS) is 20.6. The average molecular weight is 485 g/mol. The van der Waals surface area contributed by atoms with Crippen LogP contribution in [0.4, 0.5) is 0 Å². The number of piperazine rings is 1. The Labute approximate surface area is 203 Å². The van der Waals surface area contributed by atoms with Crippen molar-refractivity contribution >= 4 is 15.7 Å². The number of benzene rings is 2. The molecule has 184 valence electrons. The summed E-state index contributed by atoms with van der Waals surface area (Å²) in [6, 6.07) is 17.6. The van der Waals surface area contributed by atoms with Gasteiger partial charge in [0, 0.05) is 52.4 Å². The van der Waals surface area contributed by atoms with Gasteiger partial charge in [0.25, 0.3) is 0 Å². The standard InChI is InChI=1S/C26H36N4O3S/c1-2-28-12-14-29(15-13-28)21-23-10-8-22(9-11-23)20-27-26(31)25(24-6-4-3-5-7-24)30-16-18-34(32,33)19-17-30/h3-11,25H,2,12-21H2,1H3,(H,27,31). The molecule has 34 heavy (non-hydrogen) atoms. The van der Waals surface area contributed by atoms with E-state index in [1.54, 1.807) is 0 Å². The van der Waals surface area contributed by atoms with E-state index >= 15 is 0 Å². The summed E-state index contributed by atoms with van der Waals surface area (Å²) in [7, 11) is -3.01. The summed E-state index contributed by atoms with van der Waals surface area (Å²) in [6.45, 7) is 9.95. The highest BCUT2D eigenvalue weighted by atomic mass is 32.2. The molecule has 1 amide bonds. The van der Waals surface area contributed by atoms with Gasteiger partial charge in [-0.3, -0.25) is 14.6 Å². The SMILES string of the molecule is CCN1CCN(Cc2ccc(CNC(=O)C(c3ccccc3)N3CCS(=O)(=O)CC3)cc2)CC1. The van der Waals surface area contributed by atoms with Crippen LogP contribution in [0.2, 0.25) is 0 Å². The topological polar surface area (TPSA) is 73.0 Å². The Morgan fingerprint density at radius 3 is 2.06 bits per heavy atom. The van der Waals surface area contributed by atoms with Gasteiger partial charge in [0.2, 0.25) is 5.91 Å². The Morgan fingerprint density at radius 2 is 1.44 bits per heavy atom. The second-order valence-corrected chi connectivity index (χ2v) is 11.5. The summed E-state index contributed by atoms with van der Waals surface area (Å²) in [5.41, 5.74) is 3.23. The molecule has 8 heteroatoms. The van der Waals surface area contributed by atoms with Crippen molar-refractivity contribution in [2.24, 2.45) is 0 Å². The van der Waals surface area contributed by atoms with Crippen LogP contribution >= 0.6 is 0 Å². The zero-order valence-electron chi connectivity index (χ0n) is 20.0. The van der Waals surface area contributed by atoms with Crippen molar-refractivity contribution in [2.75, 3.05) is 57.3 Å². The molecular formula is C26H36N4O3S. The van der Waals surface area contributed by atoms with Gasteiger partial charge in [-0.05, 0) is 23.2 Å². The molecule has 0 saturated carbocycles. The van der Waals surface area contributed by atoms with E-state index in [2.05, 4.69) is 46.3 Å². The molecule has 2 heterocycles. The monoisotopic (exact) mass is 484 g/mol. The summed E-state index contributed by atoms with van der Waals surface area (Å²) in [4.78, 5) is 20.2. The van der Waals surface area contributed by atoms with E-state index in [1.165, 1.54) is 5.56 Å². The maximum absolute atomic E-state index is 13.2. The molecule has 4 rings (SSSR count). The minimum absolute atomic E-state index is 0.0941. The molecule has 0 aliphatic carbocycles. The predicted octanol–water partition coefficient (Wildman–Crippen LogP) is 1.91. The lowest BCUT2D eigenvalue weighted by Crippen LogP contribution is -2.47. The van der Waals surface area contributed by atoms with Gasteiger partial charge in [0.1, 0.15) is 6.04 Å². The minimum atomic E-state index is -3.01. The van der Waals surface area contributed by atoms with E-state index in [-0.39, 0.29) is 17.4 Å². The van der Waals surface area contributed by atoms with Gasteiger partial charge in [-0.25, -0.2) is 8.42 Å². The van der Waals surface area contributed by atoms with Crippen LogP contribution in [0.3, 0.4) is 0 Å². The molecule has 1 unspecified atom stereocenters. The van der Waals surface area contributed by atoms with Crippen LogP contribution in [-0.4, -0.2) is 86.3 Å². The molecule has 2 aliphatic heterocycles. The third kappa shape index (κ3) is 6.66. The Morgan fingerprint density at radius 1 is 0.853 bits per heavy atom. The van der Waals surface area contributed by atoms with Gasteiger partial charge in [-0.15, -0.1) is 0 Å². The zero-order valence-corrected chi connectivity index (χ0v) is 20.8.